The molecule has 1 aliphatic carbocycles. The lowest BCUT2D eigenvalue weighted by Gasteiger charge is -2.15. The SMILES string of the molecule is CC1=CC(C)(N)C=C(c2noc(C(F)(F)F)n2)C=C1. The summed E-state index contributed by atoms with van der Waals surface area (Å²) in [5, 5.41) is 3.33. The highest BCUT2D eigenvalue weighted by Gasteiger charge is 2.38. The highest BCUT2D eigenvalue weighted by Crippen LogP contribution is 2.29. The molecule has 0 aromatic carbocycles. The molecule has 1 heterocycles. The van der Waals surface area contributed by atoms with Crippen molar-refractivity contribution < 1.29 is 17.7 Å². The Labute approximate surface area is 107 Å². The second-order valence-electron chi connectivity index (χ2n) is 4.61. The first-order chi connectivity index (χ1) is 8.67. The van der Waals surface area contributed by atoms with Gasteiger partial charge in [0, 0.05) is 5.57 Å². The first-order valence-corrected chi connectivity index (χ1v) is 5.48. The highest BCUT2D eigenvalue weighted by atomic mass is 19.4. The van der Waals surface area contributed by atoms with Crippen molar-refractivity contribution in [2.45, 2.75) is 25.6 Å². The Bertz CT molecular complexity index is 579. The van der Waals surface area contributed by atoms with Gasteiger partial charge in [-0.3, -0.25) is 0 Å². The Morgan fingerprint density at radius 2 is 1.95 bits per heavy atom. The molecule has 2 rings (SSSR count). The van der Waals surface area contributed by atoms with E-state index in [0.29, 0.717) is 5.57 Å². The van der Waals surface area contributed by atoms with Gasteiger partial charge in [0.2, 0.25) is 5.82 Å². The molecule has 0 radical (unpaired) electrons. The fraction of sp³-hybridized carbons (Fsp3) is 0.333. The fourth-order valence-corrected chi connectivity index (χ4v) is 1.78. The molecule has 0 aliphatic heterocycles. The van der Waals surface area contributed by atoms with Gasteiger partial charge in [0.15, 0.2) is 0 Å². The van der Waals surface area contributed by atoms with Crippen LogP contribution in [0.4, 0.5) is 13.2 Å². The molecule has 1 aromatic rings. The zero-order valence-corrected chi connectivity index (χ0v) is 10.3. The number of rotatable bonds is 1. The summed E-state index contributed by atoms with van der Waals surface area (Å²) in [6.07, 6.45) is 2.06. The van der Waals surface area contributed by atoms with Crippen LogP contribution in [0, 0.1) is 0 Å². The molecule has 0 saturated heterocycles. The predicted octanol–water partition coefficient (Wildman–Crippen LogP) is 2.71. The molecule has 102 valence electrons. The predicted molar refractivity (Wildman–Crippen MR) is 62.8 cm³/mol. The molecule has 0 fully saturated rings. The number of hydrogen-bond acceptors (Lipinski definition) is 4. The summed E-state index contributed by atoms with van der Waals surface area (Å²) < 4.78 is 41.4. The molecule has 1 atom stereocenters. The lowest BCUT2D eigenvalue weighted by atomic mass is 9.99. The van der Waals surface area contributed by atoms with Crippen molar-refractivity contribution in [1.29, 1.82) is 0 Å². The summed E-state index contributed by atoms with van der Waals surface area (Å²) >= 11 is 0. The van der Waals surface area contributed by atoms with Gasteiger partial charge in [0.25, 0.3) is 0 Å². The largest absolute Gasteiger partial charge is 0.471 e. The zero-order valence-electron chi connectivity index (χ0n) is 10.3. The quantitative estimate of drug-likeness (QED) is 0.852. The van der Waals surface area contributed by atoms with Crippen LogP contribution in [-0.2, 0) is 6.18 Å². The molecule has 1 unspecified atom stereocenters. The normalized spacial score (nSPS) is 23.9. The lowest BCUT2D eigenvalue weighted by molar-refractivity contribution is -0.159. The van der Waals surface area contributed by atoms with E-state index in [1.54, 1.807) is 31.2 Å². The van der Waals surface area contributed by atoms with E-state index in [1.165, 1.54) is 0 Å². The molecule has 0 amide bonds. The van der Waals surface area contributed by atoms with Gasteiger partial charge < -0.3 is 10.3 Å². The van der Waals surface area contributed by atoms with E-state index < -0.39 is 17.6 Å². The molecule has 2 N–H and O–H groups in total. The third-order valence-electron chi connectivity index (χ3n) is 2.46. The molecule has 0 bridgehead atoms. The maximum absolute atomic E-state index is 12.4. The van der Waals surface area contributed by atoms with E-state index in [9.17, 15) is 13.2 Å². The van der Waals surface area contributed by atoms with Gasteiger partial charge in [-0.05, 0) is 19.9 Å². The topological polar surface area (TPSA) is 64.9 Å². The first kappa shape index (κ1) is 13.5. The monoisotopic (exact) mass is 271 g/mol. The zero-order chi connectivity index (χ0) is 14.3. The average Bonchev–Trinajstić information content (AvgIpc) is 2.67. The standard InChI is InChI=1S/C12H12F3N3O/c1-7-3-4-8(6-11(2,16)5-7)9-17-10(19-18-9)12(13,14)15/h3-6H,16H2,1-2H3. The summed E-state index contributed by atoms with van der Waals surface area (Å²) in [6.45, 7) is 3.57. The smallest absolute Gasteiger partial charge is 0.329 e. The van der Waals surface area contributed by atoms with Gasteiger partial charge in [0.05, 0.1) is 5.54 Å². The van der Waals surface area contributed by atoms with Gasteiger partial charge >= 0.3 is 12.1 Å². The van der Waals surface area contributed by atoms with E-state index in [-0.39, 0.29) is 5.82 Å². The van der Waals surface area contributed by atoms with Crippen LogP contribution in [0.25, 0.3) is 5.57 Å². The van der Waals surface area contributed by atoms with Crippen molar-refractivity contribution in [2.24, 2.45) is 5.73 Å². The first-order valence-electron chi connectivity index (χ1n) is 5.48. The minimum atomic E-state index is -4.65. The van der Waals surface area contributed by atoms with Gasteiger partial charge in [-0.25, -0.2) is 0 Å². The van der Waals surface area contributed by atoms with Gasteiger partial charge in [-0.15, -0.1) is 0 Å². The van der Waals surface area contributed by atoms with Crippen LogP contribution in [0.2, 0.25) is 0 Å². The van der Waals surface area contributed by atoms with E-state index in [0.717, 1.165) is 5.57 Å². The Kier molecular flexibility index (Phi) is 3.09. The number of nitrogens with zero attached hydrogens (tertiary/aromatic N) is 2. The summed E-state index contributed by atoms with van der Waals surface area (Å²) in [6, 6.07) is 0. The Balaban J connectivity index is 2.40. The lowest BCUT2D eigenvalue weighted by Crippen LogP contribution is -2.31. The van der Waals surface area contributed by atoms with Crippen LogP contribution in [0.15, 0.2) is 34.4 Å². The van der Waals surface area contributed by atoms with E-state index >= 15 is 0 Å². The summed E-state index contributed by atoms with van der Waals surface area (Å²) in [5.41, 5.74) is 6.48. The Morgan fingerprint density at radius 3 is 2.53 bits per heavy atom. The fourth-order valence-electron chi connectivity index (χ4n) is 1.78. The number of aromatic nitrogens is 2. The van der Waals surface area contributed by atoms with Crippen LogP contribution in [-0.4, -0.2) is 15.7 Å². The van der Waals surface area contributed by atoms with Crippen molar-refractivity contribution in [3.8, 4) is 0 Å². The molecule has 0 saturated carbocycles. The van der Waals surface area contributed by atoms with Crippen LogP contribution in [0.3, 0.4) is 0 Å². The van der Waals surface area contributed by atoms with Crippen molar-refractivity contribution in [1.82, 2.24) is 10.1 Å². The molecule has 0 spiro atoms. The molecular weight excluding hydrogens is 259 g/mol. The van der Waals surface area contributed by atoms with Gasteiger partial charge in [-0.1, -0.05) is 29.0 Å². The van der Waals surface area contributed by atoms with E-state index in [1.807, 2.05) is 6.92 Å². The molecule has 1 aromatic heterocycles. The molecule has 19 heavy (non-hydrogen) atoms. The second kappa shape index (κ2) is 4.34. The third-order valence-corrected chi connectivity index (χ3v) is 2.46. The Morgan fingerprint density at radius 1 is 1.26 bits per heavy atom. The number of allylic oxidation sites excluding steroid dienone is 4. The number of halogens is 3. The minimum absolute atomic E-state index is 0.136. The van der Waals surface area contributed by atoms with Crippen LogP contribution in [0.1, 0.15) is 25.6 Å². The molecule has 4 nitrogen and oxygen atoms in total. The van der Waals surface area contributed by atoms with Crippen LogP contribution in [0.5, 0.6) is 0 Å². The summed E-state index contributed by atoms with van der Waals surface area (Å²) in [5.74, 6) is -1.51. The van der Waals surface area contributed by atoms with Gasteiger partial charge in [-0.2, -0.15) is 18.2 Å². The number of alkyl halides is 3. The van der Waals surface area contributed by atoms with Crippen molar-refractivity contribution in [3.05, 3.63) is 41.6 Å². The maximum atomic E-state index is 12.4. The molecule has 7 heteroatoms. The maximum Gasteiger partial charge on any atom is 0.471 e. The average molecular weight is 271 g/mol. The third kappa shape index (κ3) is 3.11. The highest BCUT2D eigenvalue weighted by molar-refractivity contribution is 5.72. The van der Waals surface area contributed by atoms with Crippen molar-refractivity contribution >= 4 is 5.57 Å². The summed E-state index contributed by atoms with van der Waals surface area (Å²) in [7, 11) is 0. The Hall–Kier alpha value is -1.89. The van der Waals surface area contributed by atoms with Crippen LogP contribution < -0.4 is 5.73 Å². The molecular formula is C12H12F3N3O. The summed E-state index contributed by atoms with van der Waals surface area (Å²) in [4.78, 5) is 3.34. The number of hydrogen-bond donors (Lipinski definition) is 1. The van der Waals surface area contributed by atoms with E-state index in [4.69, 9.17) is 5.73 Å². The van der Waals surface area contributed by atoms with Crippen LogP contribution >= 0.6 is 0 Å². The van der Waals surface area contributed by atoms with Crippen molar-refractivity contribution in [3.63, 3.8) is 0 Å². The number of nitrogens with two attached hydrogens (primary N) is 1. The molecule has 1 aliphatic rings. The van der Waals surface area contributed by atoms with Gasteiger partial charge in [0.1, 0.15) is 0 Å². The minimum Gasteiger partial charge on any atom is -0.329 e. The van der Waals surface area contributed by atoms with E-state index in [2.05, 4.69) is 14.7 Å². The second-order valence-corrected chi connectivity index (χ2v) is 4.61. The van der Waals surface area contributed by atoms with Crippen molar-refractivity contribution in [2.75, 3.05) is 0 Å².